The van der Waals surface area contributed by atoms with Crippen LogP contribution in [0, 0.1) is 0 Å². The van der Waals surface area contributed by atoms with E-state index in [-0.39, 0.29) is 61.8 Å². The van der Waals surface area contributed by atoms with Gasteiger partial charge in [-0.25, -0.2) is 0 Å². The number of hydrogen-bond donors (Lipinski definition) is 0. The third-order valence-electron chi connectivity index (χ3n) is 1.55. The van der Waals surface area contributed by atoms with E-state index in [2.05, 4.69) is 6.08 Å². The summed E-state index contributed by atoms with van der Waals surface area (Å²) in [6.45, 7) is 0.705. The Morgan fingerprint density at radius 3 is 2.46 bits per heavy atom. The van der Waals surface area contributed by atoms with Gasteiger partial charge in [0.05, 0.1) is 0 Å². The molecule has 4 heteroatoms. The average Bonchev–Trinajstić information content (AvgIpc) is 2.05. The summed E-state index contributed by atoms with van der Waals surface area (Å²) in [7, 11) is 0. The number of hydrogen-bond acceptors (Lipinski definition) is 1. The van der Waals surface area contributed by atoms with Gasteiger partial charge in [0.1, 0.15) is 12.4 Å². The van der Waals surface area contributed by atoms with Crippen LogP contribution in [0.2, 0.25) is 0 Å². The Morgan fingerprint density at radius 1 is 1.08 bits per heavy atom. The van der Waals surface area contributed by atoms with Gasteiger partial charge in [0.2, 0.25) is 0 Å². The zero-order chi connectivity index (χ0) is 6.81. The van der Waals surface area contributed by atoms with E-state index in [1.54, 1.807) is 0 Å². The van der Waals surface area contributed by atoms with E-state index in [1.807, 2.05) is 30.3 Å². The van der Waals surface area contributed by atoms with Gasteiger partial charge in [-0.05, 0) is 12.1 Å². The molecule has 0 aromatic heterocycles. The summed E-state index contributed by atoms with van der Waals surface area (Å²) < 4.78 is 5.34. The maximum absolute atomic E-state index is 5.34. The quantitative estimate of drug-likeness (QED) is 0.603. The summed E-state index contributed by atoms with van der Waals surface area (Å²) >= 11 is 0. The monoisotopic (exact) mass is 402 g/mol. The molecule has 0 saturated carbocycles. The van der Waals surface area contributed by atoms with Crippen molar-refractivity contribution in [2.75, 3.05) is 6.61 Å². The minimum absolute atomic E-state index is 0. The molecule has 1 heterocycles. The molecule has 2 radical (unpaired) electrons. The molecule has 1 aliphatic heterocycles. The second-order valence-corrected chi connectivity index (χ2v) is 2.25. The zero-order valence-corrected chi connectivity index (χ0v) is 10.6. The van der Waals surface area contributed by atoms with Gasteiger partial charge in [0, 0.05) is 67.4 Å². The summed E-state index contributed by atoms with van der Waals surface area (Å²) in [6.07, 6.45) is 4.10. The first-order chi connectivity index (χ1) is 4.97. The summed E-state index contributed by atoms with van der Waals surface area (Å²) in [5.41, 5.74) is 1.17. The topological polar surface area (TPSA) is 9.23 Å². The third-order valence-corrected chi connectivity index (χ3v) is 1.55. The largest absolute Gasteiger partial charge is 0.489 e. The van der Waals surface area contributed by atoms with E-state index in [4.69, 9.17) is 4.74 Å². The van der Waals surface area contributed by atoms with Crippen LogP contribution in [-0.2, 0) is 61.8 Å². The van der Waals surface area contributed by atoms with Crippen molar-refractivity contribution >= 4 is 6.08 Å². The SMILES string of the molecule is C1=Cc2ccccc2OC1.[Ag].[Ag].[Fe]. The molecule has 1 aliphatic rings. The Bertz CT molecular complexity index is 276. The van der Waals surface area contributed by atoms with Crippen molar-refractivity contribution in [1.29, 1.82) is 0 Å². The van der Waals surface area contributed by atoms with Crippen LogP contribution in [0.3, 0.4) is 0 Å². The molecule has 13 heavy (non-hydrogen) atoms. The molecule has 0 aliphatic carbocycles. The van der Waals surface area contributed by atoms with E-state index in [0.717, 1.165) is 5.75 Å². The smallest absolute Gasteiger partial charge is 0.126 e. The molecule has 2 rings (SSSR count). The molecular weight excluding hydrogens is 396 g/mol. The molecule has 1 nitrogen and oxygen atoms in total. The molecule has 0 amide bonds. The fourth-order valence-electron chi connectivity index (χ4n) is 1.06. The maximum Gasteiger partial charge on any atom is 0.126 e. The van der Waals surface area contributed by atoms with Crippen LogP contribution in [0.5, 0.6) is 5.75 Å². The standard InChI is InChI=1S/C9H8O.2Ag.Fe/c1-2-6-9-8(4-1)5-3-7-10-9;;;/h1-6H,7H2;;;. The summed E-state index contributed by atoms with van der Waals surface area (Å²) in [6, 6.07) is 8.03. The van der Waals surface area contributed by atoms with Crippen molar-refractivity contribution in [3.05, 3.63) is 35.9 Å². The summed E-state index contributed by atoms with van der Waals surface area (Å²) in [4.78, 5) is 0. The van der Waals surface area contributed by atoms with Crippen molar-refractivity contribution < 1.29 is 66.6 Å². The third kappa shape index (κ3) is 4.20. The van der Waals surface area contributed by atoms with E-state index >= 15 is 0 Å². The van der Waals surface area contributed by atoms with Gasteiger partial charge < -0.3 is 4.74 Å². The van der Waals surface area contributed by atoms with Gasteiger partial charge in [-0.3, -0.25) is 0 Å². The number of fused-ring (bicyclic) bond motifs is 1. The molecule has 0 bridgehead atoms. The first kappa shape index (κ1) is 16.2. The molecule has 1 aromatic carbocycles. The minimum Gasteiger partial charge on any atom is -0.489 e. The van der Waals surface area contributed by atoms with Crippen LogP contribution >= 0.6 is 0 Å². The second kappa shape index (κ2) is 8.10. The maximum atomic E-state index is 5.34. The Labute approximate surface area is 120 Å². The Kier molecular flexibility index (Phi) is 10.1. The normalized spacial score (nSPS) is 10.8. The van der Waals surface area contributed by atoms with Crippen molar-refractivity contribution in [1.82, 2.24) is 0 Å². The summed E-state index contributed by atoms with van der Waals surface area (Å²) in [5.74, 6) is 0.991. The fraction of sp³-hybridized carbons (Fsp3) is 0.111. The van der Waals surface area contributed by atoms with E-state index < -0.39 is 0 Å². The van der Waals surface area contributed by atoms with Crippen molar-refractivity contribution in [2.24, 2.45) is 0 Å². The van der Waals surface area contributed by atoms with E-state index in [0.29, 0.717) is 6.61 Å². The number of rotatable bonds is 0. The first-order valence-electron chi connectivity index (χ1n) is 3.35. The number of benzene rings is 1. The van der Waals surface area contributed by atoms with Crippen molar-refractivity contribution in [2.45, 2.75) is 0 Å². The van der Waals surface area contributed by atoms with Gasteiger partial charge in [-0.2, -0.15) is 0 Å². The molecule has 1 aromatic rings. The number of para-hydroxylation sites is 1. The molecule has 0 atom stereocenters. The van der Waals surface area contributed by atoms with Crippen LogP contribution < -0.4 is 4.74 Å². The Morgan fingerprint density at radius 2 is 1.77 bits per heavy atom. The second-order valence-electron chi connectivity index (χ2n) is 2.25. The minimum atomic E-state index is 0. The van der Waals surface area contributed by atoms with Gasteiger partial charge >= 0.3 is 0 Å². The molecule has 0 unspecified atom stereocenters. The van der Waals surface area contributed by atoms with Crippen molar-refractivity contribution in [3.8, 4) is 5.75 Å². The summed E-state index contributed by atoms with van der Waals surface area (Å²) in [5, 5.41) is 0. The Balaban J connectivity index is 0. The van der Waals surface area contributed by atoms with Gasteiger partial charge in [0.15, 0.2) is 0 Å². The average molecular weight is 404 g/mol. The number of ether oxygens (including phenoxy) is 1. The van der Waals surface area contributed by atoms with Crippen molar-refractivity contribution in [3.63, 3.8) is 0 Å². The molecule has 80 valence electrons. The van der Waals surface area contributed by atoms with Crippen LogP contribution in [0.1, 0.15) is 5.56 Å². The predicted octanol–water partition coefficient (Wildman–Crippen LogP) is 2.08. The van der Waals surface area contributed by atoms with E-state index in [1.165, 1.54) is 5.56 Å². The van der Waals surface area contributed by atoms with Gasteiger partial charge in [0.25, 0.3) is 0 Å². The first-order valence-corrected chi connectivity index (χ1v) is 3.35. The molecule has 0 N–H and O–H groups in total. The fourth-order valence-corrected chi connectivity index (χ4v) is 1.06. The van der Waals surface area contributed by atoms with Gasteiger partial charge in [-0.15, -0.1) is 0 Å². The zero-order valence-electron chi connectivity index (χ0n) is 6.54. The molecule has 0 saturated heterocycles. The van der Waals surface area contributed by atoms with Crippen LogP contribution in [0.15, 0.2) is 30.3 Å². The van der Waals surface area contributed by atoms with Crippen LogP contribution in [0.25, 0.3) is 6.08 Å². The molecule has 0 fully saturated rings. The predicted molar refractivity (Wildman–Crippen MR) is 41.0 cm³/mol. The van der Waals surface area contributed by atoms with Gasteiger partial charge in [-0.1, -0.05) is 24.3 Å². The van der Waals surface area contributed by atoms with Crippen LogP contribution in [-0.4, -0.2) is 6.61 Å². The molecule has 0 spiro atoms. The van der Waals surface area contributed by atoms with E-state index in [9.17, 15) is 0 Å². The Hall–Kier alpha value is 0.760. The molecular formula is C9H8Ag2FeO. The van der Waals surface area contributed by atoms with Crippen LogP contribution in [0.4, 0.5) is 0 Å².